The van der Waals surface area contributed by atoms with Crippen LogP contribution < -0.4 is 0 Å². The summed E-state index contributed by atoms with van der Waals surface area (Å²) in [6.07, 6.45) is 11.2. The Bertz CT molecular complexity index is 542. The Morgan fingerprint density at radius 1 is 1.00 bits per heavy atom. The normalized spacial score (nSPS) is 58.3. The van der Waals surface area contributed by atoms with Crippen molar-refractivity contribution in [2.45, 2.75) is 85.5 Å². The van der Waals surface area contributed by atoms with E-state index in [1.165, 1.54) is 38.5 Å². The van der Waals surface area contributed by atoms with Crippen molar-refractivity contribution in [3.05, 3.63) is 0 Å². The SMILES string of the molecule is CC1CC23CCC4C(C)(C(=O)O)CCCC4(C)C2CCC1(C)C3. The van der Waals surface area contributed by atoms with Gasteiger partial charge in [-0.1, -0.05) is 27.2 Å². The summed E-state index contributed by atoms with van der Waals surface area (Å²) in [5.41, 5.74) is 0.869. The third-order valence-electron chi connectivity index (χ3n) is 9.59. The molecule has 0 aromatic carbocycles. The highest BCUT2D eigenvalue weighted by Gasteiger charge is 2.67. The number of carboxylic acids is 1. The van der Waals surface area contributed by atoms with Crippen LogP contribution in [0.25, 0.3) is 0 Å². The van der Waals surface area contributed by atoms with Gasteiger partial charge in [-0.3, -0.25) is 4.79 Å². The van der Waals surface area contributed by atoms with E-state index in [2.05, 4.69) is 27.7 Å². The summed E-state index contributed by atoms with van der Waals surface area (Å²) >= 11 is 0. The van der Waals surface area contributed by atoms with Crippen molar-refractivity contribution in [1.29, 1.82) is 0 Å². The van der Waals surface area contributed by atoms with E-state index in [9.17, 15) is 9.90 Å². The number of hydrogen-bond donors (Lipinski definition) is 1. The Hall–Kier alpha value is -0.530. The second-order valence-electron chi connectivity index (χ2n) is 10.6. The van der Waals surface area contributed by atoms with Crippen LogP contribution in [0.1, 0.15) is 85.5 Å². The molecule has 1 N–H and O–H groups in total. The molecule has 2 nitrogen and oxygen atoms in total. The molecule has 2 heteroatoms. The lowest BCUT2D eigenvalue weighted by atomic mass is 9.40. The Labute approximate surface area is 141 Å². The zero-order valence-electron chi connectivity index (χ0n) is 15.5. The van der Waals surface area contributed by atoms with Gasteiger partial charge in [0, 0.05) is 0 Å². The monoisotopic (exact) mass is 318 g/mol. The molecule has 0 heterocycles. The molecule has 130 valence electrons. The Morgan fingerprint density at radius 2 is 1.70 bits per heavy atom. The van der Waals surface area contributed by atoms with Crippen LogP contribution in [0.5, 0.6) is 0 Å². The molecule has 0 saturated heterocycles. The molecule has 0 radical (unpaired) electrons. The first-order valence-electron chi connectivity index (χ1n) is 9.90. The maximum absolute atomic E-state index is 12.1. The van der Waals surface area contributed by atoms with Crippen LogP contribution in [-0.4, -0.2) is 11.1 Å². The fourth-order valence-corrected chi connectivity index (χ4v) is 8.35. The number of aliphatic carboxylic acids is 1. The van der Waals surface area contributed by atoms with Crippen molar-refractivity contribution in [2.24, 2.45) is 39.4 Å². The first-order chi connectivity index (χ1) is 10.7. The lowest BCUT2D eigenvalue weighted by molar-refractivity contribution is -0.182. The summed E-state index contributed by atoms with van der Waals surface area (Å²) in [7, 11) is 0. The lowest BCUT2D eigenvalue weighted by Crippen LogP contribution is -2.58. The molecule has 7 unspecified atom stereocenters. The van der Waals surface area contributed by atoms with Crippen LogP contribution in [0.15, 0.2) is 0 Å². The highest BCUT2D eigenvalue weighted by atomic mass is 16.4. The van der Waals surface area contributed by atoms with Crippen LogP contribution in [0.2, 0.25) is 0 Å². The molecule has 4 aliphatic rings. The number of carboxylic acid groups (broad SMARTS) is 1. The summed E-state index contributed by atoms with van der Waals surface area (Å²) in [6, 6.07) is 0. The molecule has 4 aliphatic carbocycles. The standard InChI is InChI=1S/C21H34O2/c1-14-12-21-11-7-15-19(3,8-5-9-20(15,4)17(22)23)16(21)6-10-18(14,2)13-21/h14-16H,5-13H2,1-4H3,(H,22,23). The van der Waals surface area contributed by atoms with Gasteiger partial charge in [-0.2, -0.15) is 0 Å². The average Bonchev–Trinajstić information content (AvgIpc) is 2.63. The van der Waals surface area contributed by atoms with Gasteiger partial charge in [0.15, 0.2) is 0 Å². The van der Waals surface area contributed by atoms with E-state index >= 15 is 0 Å². The minimum Gasteiger partial charge on any atom is -0.481 e. The van der Waals surface area contributed by atoms with Crippen molar-refractivity contribution < 1.29 is 9.90 Å². The lowest BCUT2D eigenvalue weighted by Gasteiger charge is -2.64. The molecule has 0 amide bonds. The fourth-order valence-electron chi connectivity index (χ4n) is 8.35. The van der Waals surface area contributed by atoms with E-state index in [0.29, 0.717) is 16.7 Å². The third kappa shape index (κ3) is 1.84. The van der Waals surface area contributed by atoms with Crippen LogP contribution in [0.3, 0.4) is 0 Å². The minimum atomic E-state index is -0.537. The largest absolute Gasteiger partial charge is 0.481 e. The highest BCUT2D eigenvalue weighted by Crippen LogP contribution is 2.74. The van der Waals surface area contributed by atoms with Crippen LogP contribution in [-0.2, 0) is 4.79 Å². The Morgan fingerprint density at radius 3 is 2.39 bits per heavy atom. The molecule has 0 aromatic heterocycles. The Kier molecular flexibility index (Phi) is 3.16. The fraction of sp³-hybridized carbons (Fsp3) is 0.952. The topological polar surface area (TPSA) is 37.3 Å². The molecule has 2 bridgehead atoms. The van der Waals surface area contributed by atoms with Crippen LogP contribution in [0.4, 0.5) is 0 Å². The first-order valence-corrected chi connectivity index (χ1v) is 9.90. The molecule has 4 fully saturated rings. The van der Waals surface area contributed by atoms with E-state index < -0.39 is 11.4 Å². The second-order valence-corrected chi connectivity index (χ2v) is 10.6. The van der Waals surface area contributed by atoms with Crippen molar-refractivity contribution in [3.63, 3.8) is 0 Å². The van der Waals surface area contributed by atoms with E-state index in [1.54, 1.807) is 0 Å². The predicted molar refractivity (Wildman–Crippen MR) is 92.1 cm³/mol. The van der Waals surface area contributed by atoms with Gasteiger partial charge < -0.3 is 5.11 Å². The molecular weight excluding hydrogens is 284 g/mol. The molecule has 4 saturated carbocycles. The number of hydrogen-bond acceptors (Lipinski definition) is 1. The van der Waals surface area contributed by atoms with Gasteiger partial charge in [0.25, 0.3) is 0 Å². The van der Waals surface area contributed by atoms with E-state index in [-0.39, 0.29) is 5.41 Å². The maximum atomic E-state index is 12.1. The molecule has 0 aliphatic heterocycles. The summed E-state index contributed by atoms with van der Waals surface area (Å²) in [4.78, 5) is 12.1. The number of rotatable bonds is 1. The quantitative estimate of drug-likeness (QED) is 0.692. The summed E-state index contributed by atoms with van der Waals surface area (Å²) in [5.74, 6) is 1.47. The summed E-state index contributed by atoms with van der Waals surface area (Å²) in [6.45, 7) is 9.54. The molecule has 0 aromatic rings. The second kappa shape index (κ2) is 4.55. The summed E-state index contributed by atoms with van der Waals surface area (Å²) in [5, 5.41) is 9.96. The van der Waals surface area contributed by atoms with Crippen molar-refractivity contribution in [1.82, 2.24) is 0 Å². The van der Waals surface area contributed by atoms with E-state index in [0.717, 1.165) is 31.1 Å². The average molecular weight is 319 g/mol. The van der Waals surface area contributed by atoms with Gasteiger partial charge in [0.05, 0.1) is 5.41 Å². The summed E-state index contributed by atoms with van der Waals surface area (Å²) < 4.78 is 0. The zero-order chi connectivity index (χ0) is 16.7. The van der Waals surface area contributed by atoms with Crippen LogP contribution >= 0.6 is 0 Å². The highest BCUT2D eigenvalue weighted by molar-refractivity contribution is 5.75. The van der Waals surface area contributed by atoms with Gasteiger partial charge in [0.2, 0.25) is 0 Å². The molecule has 4 rings (SSSR count). The van der Waals surface area contributed by atoms with Crippen molar-refractivity contribution in [2.75, 3.05) is 0 Å². The van der Waals surface area contributed by atoms with Crippen LogP contribution in [0, 0.1) is 39.4 Å². The van der Waals surface area contributed by atoms with Crippen molar-refractivity contribution in [3.8, 4) is 0 Å². The van der Waals surface area contributed by atoms with Gasteiger partial charge in [0.1, 0.15) is 0 Å². The zero-order valence-corrected chi connectivity index (χ0v) is 15.5. The number of fused-ring (bicyclic) bond motifs is 3. The maximum Gasteiger partial charge on any atom is 0.309 e. The first kappa shape index (κ1) is 16.0. The van der Waals surface area contributed by atoms with E-state index in [1.807, 2.05) is 0 Å². The number of carbonyl (C=O) groups is 1. The van der Waals surface area contributed by atoms with Gasteiger partial charge in [-0.15, -0.1) is 0 Å². The molecule has 1 spiro atoms. The van der Waals surface area contributed by atoms with E-state index in [4.69, 9.17) is 0 Å². The third-order valence-corrected chi connectivity index (χ3v) is 9.59. The van der Waals surface area contributed by atoms with Gasteiger partial charge in [-0.25, -0.2) is 0 Å². The minimum absolute atomic E-state index is 0.259. The Balaban J connectivity index is 1.74. The van der Waals surface area contributed by atoms with Gasteiger partial charge >= 0.3 is 5.97 Å². The van der Waals surface area contributed by atoms with Crippen molar-refractivity contribution >= 4 is 5.97 Å². The smallest absolute Gasteiger partial charge is 0.309 e. The molecule has 7 atom stereocenters. The molecular formula is C21H34O2. The molecule has 23 heavy (non-hydrogen) atoms. The predicted octanol–water partition coefficient (Wildman–Crippen LogP) is 5.51. The van der Waals surface area contributed by atoms with Gasteiger partial charge in [-0.05, 0) is 92.3 Å².